The van der Waals surface area contributed by atoms with Crippen LogP contribution < -0.4 is 16.3 Å². The van der Waals surface area contributed by atoms with Gasteiger partial charge in [0.15, 0.2) is 10.7 Å². The van der Waals surface area contributed by atoms with Gasteiger partial charge in [-0.2, -0.15) is 0 Å². The zero-order valence-electron chi connectivity index (χ0n) is 8.64. The Morgan fingerprint density at radius 1 is 1.24 bits per heavy atom. The maximum absolute atomic E-state index is 11.2. The number of H-pyrrole nitrogens is 2. The predicted molar refractivity (Wildman–Crippen MR) is 59.1 cm³/mol. The van der Waals surface area contributed by atoms with Crippen molar-refractivity contribution in [3.05, 3.63) is 32.3 Å². The molecule has 2 aromatic heterocycles. The first-order chi connectivity index (χ1) is 7.79. The third-order valence-corrected chi connectivity index (χ3v) is 3.07. The number of primary sulfonamides is 1. The number of hydrogen-bond acceptors (Lipinski definition) is 5. The van der Waals surface area contributed by atoms with Crippen LogP contribution in [0.1, 0.15) is 5.56 Å². The number of pyridine rings is 1. The molecular formula is C8H8N4O4S. The maximum atomic E-state index is 11.2. The summed E-state index contributed by atoms with van der Waals surface area (Å²) in [5.74, 6) is 0. The molecule has 8 nitrogen and oxygen atoms in total. The van der Waals surface area contributed by atoms with Gasteiger partial charge in [0.25, 0.3) is 10.0 Å². The lowest BCUT2D eigenvalue weighted by Gasteiger charge is -2.04. The van der Waals surface area contributed by atoms with Crippen LogP contribution in [0.5, 0.6) is 0 Å². The van der Waals surface area contributed by atoms with Crippen molar-refractivity contribution in [1.82, 2.24) is 15.0 Å². The van der Waals surface area contributed by atoms with Gasteiger partial charge in [-0.25, -0.2) is 18.5 Å². The van der Waals surface area contributed by atoms with E-state index in [1.807, 2.05) is 0 Å². The molecule has 2 aromatic rings. The molecule has 0 bridgehead atoms. The molecule has 0 aliphatic rings. The smallest absolute Gasteiger partial charge is 0.315 e. The summed E-state index contributed by atoms with van der Waals surface area (Å²) in [7, 11) is -3.97. The molecule has 0 fully saturated rings. The number of hydrogen-bond donors (Lipinski definition) is 3. The van der Waals surface area contributed by atoms with E-state index in [1.165, 1.54) is 13.0 Å². The fraction of sp³-hybridized carbons (Fsp3) is 0.125. The molecule has 0 atom stereocenters. The molecule has 0 saturated carbocycles. The minimum absolute atomic E-state index is 0.0378. The standard InChI is InChI=1S/C8H8N4O4S/c1-3-2-4-5(11-7(14)6(13)10-4)12-8(3)17(9,15)16/h2H,1H3,(H,10,13)(H2,9,15,16)(H,11,12,14). The summed E-state index contributed by atoms with van der Waals surface area (Å²) in [6.45, 7) is 1.48. The van der Waals surface area contributed by atoms with Crippen molar-refractivity contribution >= 4 is 21.2 Å². The zero-order chi connectivity index (χ0) is 12.8. The molecule has 0 aliphatic heterocycles. The third kappa shape index (κ3) is 1.97. The van der Waals surface area contributed by atoms with Gasteiger partial charge in [0, 0.05) is 0 Å². The normalized spacial score (nSPS) is 11.9. The zero-order valence-corrected chi connectivity index (χ0v) is 9.46. The number of nitrogens with two attached hydrogens (primary N) is 1. The topological polar surface area (TPSA) is 139 Å². The average molecular weight is 256 g/mol. The monoisotopic (exact) mass is 256 g/mol. The molecule has 9 heteroatoms. The minimum atomic E-state index is -3.97. The lowest BCUT2D eigenvalue weighted by Crippen LogP contribution is -2.29. The number of nitrogens with one attached hydrogen (secondary N) is 2. The van der Waals surface area contributed by atoms with Crippen LogP contribution in [0.3, 0.4) is 0 Å². The first-order valence-corrected chi connectivity index (χ1v) is 6.00. The molecule has 0 unspecified atom stereocenters. The minimum Gasteiger partial charge on any atom is -0.315 e. The molecule has 0 radical (unpaired) electrons. The number of rotatable bonds is 1. The van der Waals surface area contributed by atoms with Gasteiger partial charge >= 0.3 is 11.1 Å². The largest absolute Gasteiger partial charge is 0.315 e. The molecule has 0 aromatic carbocycles. The number of aromatic amines is 2. The summed E-state index contributed by atoms with van der Waals surface area (Å²) < 4.78 is 22.4. The molecule has 2 heterocycles. The van der Waals surface area contributed by atoms with Crippen molar-refractivity contribution in [3.8, 4) is 0 Å². The van der Waals surface area contributed by atoms with Gasteiger partial charge in [0.2, 0.25) is 0 Å². The van der Waals surface area contributed by atoms with E-state index >= 15 is 0 Å². The van der Waals surface area contributed by atoms with Gasteiger partial charge in [-0.15, -0.1) is 0 Å². The third-order valence-electron chi connectivity index (χ3n) is 2.12. The van der Waals surface area contributed by atoms with Crippen LogP contribution in [0.2, 0.25) is 0 Å². The number of nitrogens with zero attached hydrogens (tertiary/aromatic N) is 1. The van der Waals surface area contributed by atoms with E-state index in [0.717, 1.165) is 0 Å². The maximum Gasteiger partial charge on any atom is 0.315 e. The van der Waals surface area contributed by atoms with Crippen molar-refractivity contribution < 1.29 is 8.42 Å². The highest BCUT2D eigenvalue weighted by molar-refractivity contribution is 7.89. The summed E-state index contributed by atoms with van der Waals surface area (Å²) in [5, 5.41) is 4.62. The van der Waals surface area contributed by atoms with Crippen molar-refractivity contribution in [2.45, 2.75) is 11.9 Å². The van der Waals surface area contributed by atoms with Crippen molar-refractivity contribution in [2.24, 2.45) is 5.14 Å². The number of aryl methyl sites for hydroxylation is 1. The Balaban J connectivity index is 2.96. The van der Waals surface area contributed by atoms with Crippen LogP contribution >= 0.6 is 0 Å². The SMILES string of the molecule is Cc1cc2[nH]c(=O)c(=O)[nH]c2nc1S(N)(=O)=O. The Kier molecular flexibility index (Phi) is 2.36. The first-order valence-electron chi connectivity index (χ1n) is 4.46. The lowest BCUT2D eigenvalue weighted by molar-refractivity contribution is 0.593. The lowest BCUT2D eigenvalue weighted by atomic mass is 10.3. The summed E-state index contributed by atoms with van der Waals surface area (Å²) in [5.41, 5.74) is -1.26. The highest BCUT2D eigenvalue weighted by atomic mass is 32.2. The molecule has 0 spiro atoms. The predicted octanol–water partition coefficient (Wildman–Crippen LogP) is -1.43. The van der Waals surface area contributed by atoms with E-state index in [-0.39, 0.29) is 21.8 Å². The first kappa shape index (κ1) is 11.5. The fourth-order valence-electron chi connectivity index (χ4n) is 1.42. The van der Waals surface area contributed by atoms with E-state index < -0.39 is 21.1 Å². The average Bonchev–Trinajstić information content (AvgIpc) is 2.18. The van der Waals surface area contributed by atoms with E-state index in [2.05, 4.69) is 15.0 Å². The van der Waals surface area contributed by atoms with Gasteiger partial charge in [0.1, 0.15) is 0 Å². The molecule has 2 rings (SSSR count). The van der Waals surface area contributed by atoms with Gasteiger partial charge in [-0.1, -0.05) is 0 Å². The Bertz CT molecular complexity index is 818. The van der Waals surface area contributed by atoms with E-state index in [4.69, 9.17) is 5.14 Å². The van der Waals surface area contributed by atoms with Gasteiger partial charge in [0.05, 0.1) is 5.52 Å². The molecule has 17 heavy (non-hydrogen) atoms. The van der Waals surface area contributed by atoms with Crippen LogP contribution in [-0.2, 0) is 10.0 Å². The van der Waals surface area contributed by atoms with Crippen LogP contribution in [0.15, 0.2) is 20.7 Å². The van der Waals surface area contributed by atoms with Crippen molar-refractivity contribution in [2.75, 3.05) is 0 Å². The molecule has 0 amide bonds. The summed E-state index contributed by atoms with van der Waals surface area (Å²) in [4.78, 5) is 30.3. The van der Waals surface area contributed by atoms with Gasteiger partial charge < -0.3 is 9.97 Å². The highest BCUT2D eigenvalue weighted by Crippen LogP contribution is 2.14. The molecular weight excluding hydrogens is 248 g/mol. The summed E-state index contributed by atoms with van der Waals surface area (Å²) in [6.07, 6.45) is 0. The Labute approximate surface area is 94.6 Å². The van der Waals surface area contributed by atoms with Gasteiger partial charge in [-0.05, 0) is 18.6 Å². The van der Waals surface area contributed by atoms with Crippen LogP contribution in [0, 0.1) is 6.92 Å². The van der Waals surface area contributed by atoms with Crippen LogP contribution in [-0.4, -0.2) is 23.4 Å². The van der Waals surface area contributed by atoms with Crippen LogP contribution in [0.25, 0.3) is 11.2 Å². The van der Waals surface area contributed by atoms with Crippen LogP contribution in [0.4, 0.5) is 0 Å². The number of sulfonamides is 1. The Hall–Kier alpha value is -2.00. The molecule has 90 valence electrons. The Morgan fingerprint density at radius 3 is 2.41 bits per heavy atom. The van der Waals surface area contributed by atoms with E-state index in [1.54, 1.807) is 0 Å². The number of aromatic nitrogens is 3. The number of fused-ring (bicyclic) bond motifs is 1. The van der Waals surface area contributed by atoms with Gasteiger partial charge in [-0.3, -0.25) is 9.59 Å². The van der Waals surface area contributed by atoms with E-state index in [9.17, 15) is 18.0 Å². The second kappa shape index (κ2) is 3.50. The van der Waals surface area contributed by atoms with E-state index in [0.29, 0.717) is 0 Å². The molecule has 4 N–H and O–H groups in total. The summed E-state index contributed by atoms with van der Waals surface area (Å²) >= 11 is 0. The summed E-state index contributed by atoms with van der Waals surface area (Å²) in [6, 6.07) is 1.37. The Morgan fingerprint density at radius 2 is 1.82 bits per heavy atom. The van der Waals surface area contributed by atoms with Crippen molar-refractivity contribution in [3.63, 3.8) is 0 Å². The second-order valence-electron chi connectivity index (χ2n) is 3.46. The molecule has 0 aliphatic carbocycles. The molecule has 0 saturated heterocycles. The fourth-order valence-corrected chi connectivity index (χ4v) is 2.14. The quantitative estimate of drug-likeness (QED) is 0.536. The van der Waals surface area contributed by atoms with Crippen molar-refractivity contribution in [1.29, 1.82) is 0 Å². The second-order valence-corrected chi connectivity index (χ2v) is 4.94. The highest BCUT2D eigenvalue weighted by Gasteiger charge is 2.15.